The van der Waals surface area contributed by atoms with Crippen molar-refractivity contribution < 1.29 is 0 Å². The summed E-state index contributed by atoms with van der Waals surface area (Å²) in [5.41, 5.74) is 3.80. The number of rotatable bonds is 2. The molecule has 1 heterocycles. The van der Waals surface area contributed by atoms with Gasteiger partial charge in [0.15, 0.2) is 0 Å². The molecule has 92 valence electrons. The van der Waals surface area contributed by atoms with Gasteiger partial charge in [-0.05, 0) is 44.2 Å². The van der Waals surface area contributed by atoms with Crippen LogP contribution in [0.25, 0.3) is 11.4 Å². The summed E-state index contributed by atoms with van der Waals surface area (Å²) in [4.78, 5) is 19.1. The van der Waals surface area contributed by atoms with Gasteiger partial charge in [0.2, 0.25) is 0 Å². The van der Waals surface area contributed by atoms with Crippen LogP contribution in [0, 0.1) is 13.8 Å². The van der Waals surface area contributed by atoms with Crippen molar-refractivity contribution in [2.24, 2.45) is 0 Å². The van der Waals surface area contributed by atoms with E-state index in [2.05, 4.69) is 22.1 Å². The average molecular weight is 240 g/mol. The van der Waals surface area contributed by atoms with E-state index in [-0.39, 0.29) is 5.56 Å². The van der Waals surface area contributed by atoms with Crippen LogP contribution in [0.15, 0.2) is 29.1 Å². The number of aromatic amines is 1. The van der Waals surface area contributed by atoms with Gasteiger partial charge < -0.3 is 4.98 Å². The molecule has 0 radical (unpaired) electrons. The summed E-state index contributed by atoms with van der Waals surface area (Å²) in [7, 11) is 0. The molecular weight excluding hydrogens is 224 g/mol. The molecule has 0 unspecified atom stereocenters. The van der Waals surface area contributed by atoms with E-state index in [1.807, 2.05) is 19.1 Å². The Kier molecular flexibility index (Phi) is 2.54. The van der Waals surface area contributed by atoms with Crippen molar-refractivity contribution in [3.05, 3.63) is 51.4 Å². The molecule has 0 aliphatic heterocycles. The third-order valence-electron chi connectivity index (χ3n) is 3.60. The molecule has 3 nitrogen and oxygen atoms in total. The lowest BCUT2D eigenvalue weighted by molar-refractivity contribution is 1.03. The number of nitrogens with one attached hydrogen (secondary N) is 1. The highest BCUT2D eigenvalue weighted by atomic mass is 16.1. The van der Waals surface area contributed by atoms with Crippen LogP contribution < -0.4 is 5.56 Å². The lowest BCUT2D eigenvalue weighted by atomic mass is 10.1. The molecule has 1 aliphatic rings. The van der Waals surface area contributed by atoms with E-state index in [0.29, 0.717) is 17.3 Å². The average Bonchev–Trinajstić information content (AvgIpc) is 3.20. The molecule has 1 fully saturated rings. The Bertz CT molecular complexity index is 654. The zero-order valence-electron chi connectivity index (χ0n) is 10.7. The fraction of sp³-hybridized carbons (Fsp3) is 0.333. The second-order valence-corrected chi connectivity index (χ2v) is 5.02. The van der Waals surface area contributed by atoms with Crippen LogP contribution in [-0.2, 0) is 0 Å². The highest BCUT2D eigenvalue weighted by molar-refractivity contribution is 5.57. The summed E-state index contributed by atoms with van der Waals surface area (Å²) in [5.74, 6) is 1.38. The second-order valence-electron chi connectivity index (χ2n) is 5.02. The van der Waals surface area contributed by atoms with Crippen LogP contribution >= 0.6 is 0 Å². The predicted octanol–water partition coefficient (Wildman–Crippen LogP) is 2.93. The van der Waals surface area contributed by atoms with Gasteiger partial charge >= 0.3 is 0 Å². The van der Waals surface area contributed by atoms with E-state index >= 15 is 0 Å². The van der Waals surface area contributed by atoms with E-state index in [4.69, 9.17) is 0 Å². The Morgan fingerprint density at radius 2 is 2.06 bits per heavy atom. The van der Waals surface area contributed by atoms with Gasteiger partial charge in [0.05, 0.1) is 0 Å². The zero-order chi connectivity index (χ0) is 12.7. The van der Waals surface area contributed by atoms with Crippen LogP contribution in [-0.4, -0.2) is 9.97 Å². The fourth-order valence-electron chi connectivity index (χ4n) is 2.14. The third kappa shape index (κ3) is 1.96. The summed E-state index contributed by atoms with van der Waals surface area (Å²) in [5, 5.41) is 0. The van der Waals surface area contributed by atoms with Crippen LogP contribution in [0.3, 0.4) is 0 Å². The molecule has 0 spiro atoms. The summed E-state index contributed by atoms with van der Waals surface area (Å²) in [6.07, 6.45) is 2.56. The maximum absolute atomic E-state index is 11.8. The zero-order valence-corrected chi connectivity index (χ0v) is 10.7. The standard InChI is InChI=1S/C15H16N2O/c1-9-10(2)16-14(17-15(9)18)13-5-3-4-12(8-13)11-6-7-11/h3-5,8,11H,6-7H2,1-2H3,(H,16,17,18). The molecule has 3 heteroatoms. The fourth-order valence-corrected chi connectivity index (χ4v) is 2.14. The molecule has 1 aromatic heterocycles. The van der Waals surface area contributed by atoms with Gasteiger partial charge in [-0.15, -0.1) is 0 Å². The Balaban J connectivity index is 2.09. The number of nitrogens with zero attached hydrogens (tertiary/aromatic N) is 1. The molecule has 0 saturated heterocycles. The Morgan fingerprint density at radius 3 is 2.72 bits per heavy atom. The Morgan fingerprint density at radius 1 is 1.28 bits per heavy atom. The number of hydrogen-bond donors (Lipinski definition) is 1. The van der Waals surface area contributed by atoms with Crippen LogP contribution in [0.4, 0.5) is 0 Å². The minimum Gasteiger partial charge on any atom is -0.306 e. The number of aromatic nitrogens is 2. The van der Waals surface area contributed by atoms with Gasteiger partial charge in [0.1, 0.15) is 5.82 Å². The molecule has 3 rings (SSSR count). The largest absolute Gasteiger partial charge is 0.306 e. The topological polar surface area (TPSA) is 45.8 Å². The highest BCUT2D eigenvalue weighted by Crippen LogP contribution is 2.40. The monoisotopic (exact) mass is 240 g/mol. The maximum atomic E-state index is 11.8. The van der Waals surface area contributed by atoms with Crippen LogP contribution in [0.5, 0.6) is 0 Å². The lowest BCUT2D eigenvalue weighted by Gasteiger charge is -2.06. The van der Waals surface area contributed by atoms with Crippen molar-refractivity contribution >= 4 is 0 Å². The molecule has 0 atom stereocenters. The first-order valence-electron chi connectivity index (χ1n) is 6.33. The SMILES string of the molecule is Cc1nc(-c2cccc(C3CC3)c2)[nH]c(=O)c1C. The van der Waals surface area contributed by atoms with Gasteiger partial charge in [-0.2, -0.15) is 0 Å². The van der Waals surface area contributed by atoms with Crippen molar-refractivity contribution in [1.29, 1.82) is 0 Å². The van der Waals surface area contributed by atoms with Gasteiger partial charge in [-0.25, -0.2) is 4.98 Å². The first kappa shape index (κ1) is 11.2. The van der Waals surface area contributed by atoms with Crippen LogP contribution in [0.2, 0.25) is 0 Å². The van der Waals surface area contributed by atoms with Gasteiger partial charge in [0, 0.05) is 16.8 Å². The van der Waals surface area contributed by atoms with E-state index in [1.165, 1.54) is 18.4 Å². The number of benzene rings is 1. The second kappa shape index (κ2) is 4.09. The Labute approximate surface area is 106 Å². The minimum atomic E-state index is -0.0469. The summed E-state index contributed by atoms with van der Waals surface area (Å²) in [6, 6.07) is 8.34. The molecule has 1 N–H and O–H groups in total. The van der Waals surface area contributed by atoms with Gasteiger partial charge in [-0.1, -0.05) is 18.2 Å². The Hall–Kier alpha value is -1.90. The van der Waals surface area contributed by atoms with Gasteiger partial charge in [0.25, 0.3) is 5.56 Å². The van der Waals surface area contributed by atoms with Crippen molar-refractivity contribution in [3.8, 4) is 11.4 Å². The predicted molar refractivity (Wildman–Crippen MR) is 71.7 cm³/mol. The molecule has 1 aromatic carbocycles. The quantitative estimate of drug-likeness (QED) is 0.877. The molecule has 1 aliphatic carbocycles. The number of aryl methyl sites for hydroxylation is 1. The molecular formula is C15H16N2O. The third-order valence-corrected chi connectivity index (χ3v) is 3.60. The molecule has 0 amide bonds. The minimum absolute atomic E-state index is 0.0469. The summed E-state index contributed by atoms with van der Waals surface area (Å²) >= 11 is 0. The smallest absolute Gasteiger partial charge is 0.254 e. The summed E-state index contributed by atoms with van der Waals surface area (Å²) < 4.78 is 0. The number of H-pyrrole nitrogens is 1. The maximum Gasteiger partial charge on any atom is 0.254 e. The van der Waals surface area contributed by atoms with E-state index < -0.39 is 0 Å². The molecule has 0 bridgehead atoms. The van der Waals surface area contributed by atoms with E-state index in [9.17, 15) is 4.79 Å². The van der Waals surface area contributed by atoms with Crippen LogP contribution in [0.1, 0.15) is 35.6 Å². The van der Waals surface area contributed by atoms with Crippen molar-refractivity contribution in [1.82, 2.24) is 9.97 Å². The van der Waals surface area contributed by atoms with Crippen molar-refractivity contribution in [3.63, 3.8) is 0 Å². The number of hydrogen-bond acceptors (Lipinski definition) is 2. The first-order chi connectivity index (χ1) is 8.65. The molecule has 18 heavy (non-hydrogen) atoms. The molecule has 2 aromatic rings. The van der Waals surface area contributed by atoms with Crippen molar-refractivity contribution in [2.75, 3.05) is 0 Å². The van der Waals surface area contributed by atoms with E-state index in [1.54, 1.807) is 6.92 Å². The first-order valence-corrected chi connectivity index (χ1v) is 6.33. The van der Waals surface area contributed by atoms with E-state index in [0.717, 1.165) is 11.3 Å². The molecule has 1 saturated carbocycles. The van der Waals surface area contributed by atoms with Gasteiger partial charge in [-0.3, -0.25) is 4.79 Å². The van der Waals surface area contributed by atoms with Crippen molar-refractivity contribution in [2.45, 2.75) is 32.6 Å². The normalized spacial score (nSPS) is 14.8. The summed E-state index contributed by atoms with van der Waals surface area (Å²) in [6.45, 7) is 3.67. The highest BCUT2D eigenvalue weighted by Gasteiger charge is 2.23. The lowest BCUT2D eigenvalue weighted by Crippen LogP contribution is -2.14.